The van der Waals surface area contributed by atoms with Crippen LogP contribution in [0.1, 0.15) is 58.6 Å². The van der Waals surface area contributed by atoms with Crippen LogP contribution >= 0.6 is 0 Å². The maximum absolute atomic E-state index is 5.57. The summed E-state index contributed by atoms with van der Waals surface area (Å²) in [5.74, 6) is 0.554. The molecule has 1 nitrogen and oxygen atoms in total. The molecule has 0 spiro atoms. The average molecular weight is 259 g/mol. The molecule has 0 radical (unpaired) electrons. The maximum Gasteiger partial charge on any atom is -0.00743 e. The minimum atomic E-state index is 0.222. The molecule has 0 amide bonds. The summed E-state index contributed by atoms with van der Waals surface area (Å²) in [6.45, 7) is 12.0. The molecule has 106 valence electrons. The summed E-state index contributed by atoms with van der Waals surface area (Å²) in [7, 11) is 0. The molecule has 0 atom stereocenters. The van der Waals surface area contributed by atoms with Gasteiger partial charge in [0.15, 0.2) is 0 Å². The van der Waals surface area contributed by atoms with E-state index in [0.717, 1.165) is 19.4 Å². The highest BCUT2D eigenvalue weighted by Crippen LogP contribution is 2.27. The molecular weight excluding hydrogens is 230 g/mol. The van der Waals surface area contributed by atoms with Gasteiger partial charge in [-0.2, -0.15) is 0 Å². The number of hydrogen-bond donors (Lipinski definition) is 1. The predicted molar refractivity (Wildman–Crippen MR) is 86.2 cm³/mol. The van der Waals surface area contributed by atoms with E-state index in [1.165, 1.54) is 16.7 Å². The van der Waals surface area contributed by atoms with Gasteiger partial charge in [0.1, 0.15) is 0 Å². The molecular formula is C18H29N. The first-order valence-electron chi connectivity index (χ1n) is 7.37. The zero-order valence-corrected chi connectivity index (χ0v) is 13.2. The van der Waals surface area contributed by atoms with Crippen LogP contribution in [0, 0.1) is 5.92 Å². The van der Waals surface area contributed by atoms with E-state index in [0.29, 0.717) is 5.92 Å². The highest BCUT2D eigenvalue weighted by molar-refractivity contribution is 5.67. The third-order valence-corrected chi connectivity index (χ3v) is 3.48. The third-order valence-electron chi connectivity index (χ3n) is 3.48. The molecule has 0 aliphatic heterocycles. The predicted octanol–water partition coefficient (Wildman–Crippen LogP) is 4.76. The first-order valence-corrected chi connectivity index (χ1v) is 7.37. The summed E-state index contributed by atoms with van der Waals surface area (Å²) in [5, 5.41) is 0. The van der Waals surface area contributed by atoms with E-state index < -0.39 is 0 Å². The molecule has 0 saturated carbocycles. The van der Waals surface area contributed by atoms with Gasteiger partial charge < -0.3 is 5.73 Å². The molecule has 1 aromatic carbocycles. The van der Waals surface area contributed by atoms with Crippen molar-refractivity contribution >= 4 is 5.57 Å². The van der Waals surface area contributed by atoms with E-state index in [-0.39, 0.29) is 5.41 Å². The standard InChI is InChI=1S/C18H29N/c1-14(2)17(8-6-7-13-19)15-9-11-16(12-10-15)18(3,4)5/h8-12,14H,6-7,13,19H2,1-5H3/b17-8+. The normalized spacial score (nSPS) is 13.1. The SMILES string of the molecule is CC(C)/C(=C\CCCN)c1ccc(C(C)(C)C)cc1. The van der Waals surface area contributed by atoms with E-state index in [4.69, 9.17) is 5.73 Å². The minimum Gasteiger partial charge on any atom is -0.330 e. The van der Waals surface area contributed by atoms with Crippen LogP contribution in [0.4, 0.5) is 0 Å². The Labute approximate surface area is 118 Å². The molecule has 2 N–H and O–H groups in total. The smallest absolute Gasteiger partial charge is 0.00743 e. The van der Waals surface area contributed by atoms with E-state index in [1.54, 1.807) is 0 Å². The van der Waals surface area contributed by atoms with Crippen molar-refractivity contribution in [3.05, 3.63) is 41.5 Å². The van der Waals surface area contributed by atoms with Gasteiger partial charge in [-0.15, -0.1) is 0 Å². The lowest BCUT2D eigenvalue weighted by Gasteiger charge is -2.20. The summed E-state index contributed by atoms with van der Waals surface area (Å²) in [4.78, 5) is 0. The van der Waals surface area contributed by atoms with Crippen LogP contribution in [0.15, 0.2) is 30.3 Å². The van der Waals surface area contributed by atoms with E-state index in [2.05, 4.69) is 65.0 Å². The fourth-order valence-corrected chi connectivity index (χ4v) is 2.22. The molecule has 19 heavy (non-hydrogen) atoms. The lowest BCUT2D eigenvalue weighted by molar-refractivity contribution is 0.590. The summed E-state index contributed by atoms with van der Waals surface area (Å²) < 4.78 is 0. The summed E-state index contributed by atoms with van der Waals surface area (Å²) in [6.07, 6.45) is 4.49. The first-order chi connectivity index (χ1) is 8.86. The molecule has 0 aromatic heterocycles. The van der Waals surface area contributed by atoms with Gasteiger partial charge in [-0.05, 0) is 47.4 Å². The number of nitrogens with two attached hydrogens (primary N) is 1. The van der Waals surface area contributed by atoms with Crippen LogP contribution in [0.3, 0.4) is 0 Å². The van der Waals surface area contributed by atoms with Gasteiger partial charge in [0, 0.05) is 0 Å². The van der Waals surface area contributed by atoms with Crippen molar-refractivity contribution in [2.45, 2.75) is 52.9 Å². The Bertz CT molecular complexity index is 404. The van der Waals surface area contributed by atoms with Crippen LogP contribution in [0.2, 0.25) is 0 Å². The number of allylic oxidation sites excluding steroid dienone is 2. The second-order valence-corrected chi connectivity index (χ2v) is 6.57. The molecule has 0 aliphatic carbocycles. The van der Waals surface area contributed by atoms with Crippen LogP contribution in [-0.2, 0) is 5.41 Å². The molecule has 0 saturated heterocycles. The minimum absolute atomic E-state index is 0.222. The van der Waals surface area contributed by atoms with Gasteiger partial charge in [0.2, 0.25) is 0 Å². The highest BCUT2D eigenvalue weighted by Gasteiger charge is 2.14. The van der Waals surface area contributed by atoms with E-state index >= 15 is 0 Å². The highest BCUT2D eigenvalue weighted by atomic mass is 14.5. The van der Waals surface area contributed by atoms with Crippen LogP contribution < -0.4 is 5.73 Å². The second kappa shape index (κ2) is 6.91. The summed E-state index contributed by atoms with van der Waals surface area (Å²) >= 11 is 0. The van der Waals surface area contributed by atoms with Crippen molar-refractivity contribution in [2.75, 3.05) is 6.54 Å². The van der Waals surface area contributed by atoms with Crippen molar-refractivity contribution in [1.29, 1.82) is 0 Å². The van der Waals surface area contributed by atoms with Gasteiger partial charge >= 0.3 is 0 Å². The van der Waals surface area contributed by atoms with Crippen molar-refractivity contribution in [3.8, 4) is 0 Å². The zero-order chi connectivity index (χ0) is 14.5. The average Bonchev–Trinajstić information content (AvgIpc) is 2.33. The van der Waals surface area contributed by atoms with Gasteiger partial charge in [0.25, 0.3) is 0 Å². The van der Waals surface area contributed by atoms with Gasteiger partial charge in [-0.1, -0.05) is 65.0 Å². The number of benzene rings is 1. The van der Waals surface area contributed by atoms with Crippen molar-refractivity contribution in [1.82, 2.24) is 0 Å². The summed E-state index contributed by atoms with van der Waals surface area (Å²) in [6, 6.07) is 9.03. The first kappa shape index (κ1) is 16.0. The fraction of sp³-hybridized carbons (Fsp3) is 0.556. The molecule has 0 heterocycles. The van der Waals surface area contributed by atoms with Crippen molar-refractivity contribution in [2.24, 2.45) is 11.7 Å². The Morgan fingerprint density at radius 1 is 1.16 bits per heavy atom. The molecule has 1 rings (SSSR count). The molecule has 0 aliphatic rings. The van der Waals surface area contributed by atoms with E-state index in [9.17, 15) is 0 Å². The van der Waals surface area contributed by atoms with Crippen LogP contribution in [0.25, 0.3) is 5.57 Å². The Morgan fingerprint density at radius 2 is 1.74 bits per heavy atom. The Hall–Kier alpha value is -1.08. The number of rotatable bonds is 5. The van der Waals surface area contributed by atoms with Gasteiger partial charge in [-0.3, -0.25) is 0 Å². The maximum atomic E-state index is 5.57. The van der Waals surface area contributed by atoms with Crippen molar-refractivity contribution < 1.29 is 0 Å². The largest absolute Gasteiger partial charge is 0.330 e. The Morgan fingerprint density at radius 3 is 2.16 bits per heavy atom. The number of unbranched alkanes of at least 4 members (excludes halogenated alkanes) is 1. The van der Waals surface area contributed by atoms with Crippen LogP contribution in [0.5, 0.6) is 0 Å². The van der Waals surface area contributed by atoms with Crippen LogP contribution in [-0.4, -0.2) is 6.54 Å². The van der Waals surface area contributed by atoms with Crippen molar-refractivity contribution in [3.63, 3.8) is 0 Å². The second-order valence-electron chi connectivity index (χ2n) is 6.57. The fourth-order valence-electron chi connectivity index (χ4n) is 2.22. The Kier molecular flexibility index (Phi) is 5.81. The van der Waals surface area contributed by atoms with Gasteiger partial charge in [0.05, 0.1) is 0 Å². The topological polar surface area (TPSA) is 26.0 Å². The Balaban J connectivity index is 2.95. The molecule has 1 heteroatoms. The molecule has 0 fully saturated rings. The number of hydrogen-bond acceptors (Lipinski definition) is 1. The zero-order valence-electron chi connectivity index (χ0n) is 13.2. The molecule has 0 bridgehead atoms. The van der Waals surface area contributed by atoms with E-state index in [1.807, 2.05) is 0 Å². The lowest BCUT2D eigenvalue weighted by atomic mass is 9.85. The monoisotopic (exact) mass is 259 g/mol. The lowest BCUT2D eigenvalue weighted by Crippen LogP contribution is -2.10. The summed E-state index contributed by atoms with van der Waals surface area (Å²) in [5.41, 5.74) is 9.97. The molecule has 1 aromatic rings. The van der Waals surface area contributed by atoms with Gasteiger partial charge in [-0.25, -0.2) is 0 Å². The quantitative estimate of drug-likeness (QED) is 0.758. The molecule has 0 unspecified atom stereocenters. The third kappa shape index (κ3) is 4.83.